The van der Waals surface area contributed by atoms with E-state index in [4.69, 9.17) is 23.7 Å². The number of carbonyl (C=O) groups is 4. The molecule has 1 aliphatic carbocycles. The third-order valence-electron chi connectivity index (χ3n) is 7.31. The molecule has 7 atom stereocenters. The van der Waals surface area contributed by atoms with Crippen LogP contribution in [-0.2, 0) is 42.9 Å². The zero-order valence-corrected chi connectivity index (χ0v) is 22.2. The van der Waals surface area contributed by atoms with Crippen molar-refractivity contribution in [1.82, 2.24) is 0 Å². The Kier molecular flexibility index (Phi) is 7.67. The van der Waals surface area contributed by atoms with Crippen molar-refractivity contribution in [3.05, 3.63) is 35.5 Å². The number of hydrogen-bond donors (Lipinski definition) is 0. The summed E-state index contributed by atoms with van der Waals surface area (Å²) >= 11 is 0. The van der Waals surface area contributed by atoms with Crippen molar-refractivity contribution in [2.24, 2.45) is 5.92 Å². The molecule has 9 heteroatoms. The maximum atomic E-state index is 13.4. The number of hydrogen-bond acceptors (Lipinski definition) is 9. The first-order valence-electron chi connectivity index (χ1n) is 12.1. The minimum Gasteiger partial charge on any atom is -0.455 e. The highest BCUT2D eigenvalue weighted by atomic mass is 16.7. The fourth-order valence-corrected chi connectivity index (χ4v) is 4.48. The van der Waals surface area contributed by atoms with Crippen LogP contribution in [0.1, 0.15) is 61.8 Å². The molecule has 0 unspecified atom stereocenters. The monoisotopic (exact) mass is 504 g/mol. The third-order valence-corrected chi connectivity index (χ3v) is 7.31. The number of epoxide rings is 2. The lowest BCUT2D eigenvalue weighted by Gasteiger charge is -2.38. The Morgan fingerprint density at radius 3 is 2.06 bits per heavy atom. The Labute approximate surface area is 211 Å². The van der Waals surface area contributed by atoms with E-state index in [9.17, 15) is 19.2 Å². The Hall–Kier alpha value is -2.78. The number of ketones is 1. The molecule has 2 saturated heterocycles. The van der Waals surface area contributed by atoms with E-state index >= 15 is 0 Å². The summed E-state index contributed by atoms with van der Waals surface area (Å²) in [7, 11) is 0. The quantitative estimate of drug-likeness (QED) is 0.153. The highest BCUT2D eigenvalue weighted by Gasteiger charge is 2.72. The summed E-state index contributed by atoms with van der Waals surface area (Å²) < 4.78 is 28.5. The molecule has 36 heavy (non-hydrogen) atoms. The van der Waals surface area contributed by atoms with Gasteiger partial charge in [-0.2, -0.15) is 0 Å². The molecule has 198 valence electrons. The number of carbonyl (C=O) groups excluding carboxylic acids is 4. The maximum absolute atomic E-state index is 13.4. The molecule has 2 heterocycles. The number of ether oxygens (including phenoxy) is 5. The first kappa shape index (κ1) is 27.8. The lowest BCUT2D eigenvalue weighted by atomic mass is 9.72. The molecule has 3 fully saturated rings. The van der Waals surface area contributed by atoms with Gasteiger partial charge in [0.2, 0.25) is 5.78 Å². The predicted molar refractivity (Wildman–Crippen MR) is 129 cm³/mol. The highest BCUT2D eigenvalue weighted by Crippen LogP contribution is 2.52. The van der Waals surface area contributed by atoms with Gasteiger partial charge in [0.25, 0.3) is 0 Å². The van der Waals surface area contributed by atoms with Crippen molar-refractivity contribution in [2.45, 2.75) is 104 Å². The molecule has 0 radical (unpaired) electrons. The molecule has 3 aliphatic rings. The largest absolute Gasteiger partial charge is 0.455 e. The smallest absolute Gasteiger partial charge is 0.333 e. The van der Waals surface area contributed by atoms with E-state index in [1.807, 2.05) is 13.8 Å². The van der Waals surface area contributed by atoms with Crippen molar-refractivity contribution in [1.29, 1.82) is 0 Å². The second kappa shape index (κ2) is 9.94. The molecule has 1 saturated carbocycles. The number of esters is 3. The first-order chi connectivity index (χ1) is 16.7. The molecule has 0 bridgehead atoms. The van der Waals surface area contributed by atoms with E-state index in [2.05, 4.69) is 6.58 Å². The van der Waals surface area contributed by atoms with Gasteiger partial charge in [-0.15, -0.1) is 0 Å². The molecule has 0 N–H and O–H groups in total. The lowest BCUT2D eigenvalue weighted by molar-refractivity contribution is -0.168. The van der Waals surface area contributed by atoms with E-state index in [0.717, 1.165) is 0 Å². The lowest BCUT2D eigenvalue weighted by Crippen LogP contribution is -2.56. The predicted octanol–water partition coefficient (Wildman–Crippen LogP) is 3.15. The van der Waals surface area contributed by atoms with Gasteiger partial charge >= 0.3 is 17.9 Å². The van der Waals surface area contributed by atoms with E-state index in [1.165, 1.54) is 6.92 Å². The molecule has 3 rings (SSSR count). The summed E-state index contributed by atoms with van der Waals surface area (Å²) in [6.07, 6.45) is -0.713. The summed E-state index contributed by atoms with van der Waals surface area (Å²) in [5.74, 6) is -3.30. The van der Waals surface area contributed by atoms with E-state index in [1.54, 1.807) is 46.8 Å². The van der Waals surface area contributed by atoms with Gasteiger partial charge in [-0.1, -0.05) is 18.7 Å². The Balaban J connectivity index is 2.01. The average molecular weight is 505 g/mol. The summed E-state index contributed by atoms with van der Waals surface area (Å²) in [5, 5.41) is 0. The number of Topliss-reactive ketones (excluding diaryl/α,β-unsaturated/α-hetero) is 1. The zero-order valence-electron chi connectivity index (χ0n) is 22.2. The fourth-order valence-electron chi connectivity index (χ4n) is 4.48. The van der Waals surface area contributed by atoms with Crippen LogP contribution in [0.25, 0.3) is 0 Å². The molecule has 9 nitrogen and oxygen atoms in total. The summed E-state index contributed by atoms with van der Waals surface area (Å²) in [6, 6.07) is 0. The fraction of sp³-hybridized carbons (Fsp3) is 0.630. The minimum atomic E-state index is -1.33. The van der Waals surface area contributed by atoms with Crippen LogP contribution in [-0.4, -0.2) is 65.4 Å². The van der Waals surface area contributed by atoms with Crippen LogP contribution in [0.4, 0.5) is 0 Å². The molecule has 0 spiro atoms. The second-order valence-corrected chi connectivity index (χ2v) is 10.3. The van der Waals surface area contributed by atoms with E-state index in [0.29, 0.717) is 11.1 Å². The van der Waals surface area contributed by atoms with Gasteiger partial charge in [-0.05, 0) is 54.0 Å². The highest BCUT2D eigenvalue weighted by molar-refractivity contribution is 5.97. The molecule has 0 amide bonds. The second-order valence-electron chi connectivity index (χ2n) is 10.3. The van der Waals surface area contributed by atoms with Gasteiger partial charge < -0.3 is 23.7 Å². The Morgan fingerprint density at radius 1 is 1.00 bits per heavy atom. The van der Waals surface area contributed by atoms with Gasteiger partial charge in [0.05, 0.1) is 17.6 Å². The number of rotatable bonds is 9. The average Bonchev–Trinajstić information content (AvgIpc) is 3.68. The summed E-state index contributed by atoms with van der Waals surface area (Å²) in [5.41, 5.74) is -0.634. The van der Waals surface area contributed by atoms with Crippen LogP contribution in [0.2, 0.25) is 0 Å². The van der Waals surface area contributed by atoms with E-state index in [-0.39, 0.29) is 18.1 Å². The standard InChI is InChI=1S/C27H36O9/c1-10-13(3)24(30)33-17(12-18-26(7,8)35-18)15(5)19-20(32-16(6)28)22(29)27(9)23(36-27)21(19)34-25(31)14(4)11-2/h10-11,17-21,23H,5,12H2,1-4,6-9H3/t17-,18+,19-,20-,21-,23-,27+/m0/s1. The third kappa shape index (κ3) is 5.32. The van der Waals surface area contributed by atoms with Crippen molar-refractivity contribution in [3.8, 4) is 0 Å². The van der Waals surface area contributed by atoms with Crippen molar-refractivity contribution in [3.63, 3.8) is 0 Å². The first-order valence-corrected chi connectivity index (χ1v) is 12.1. The topological polar surface area (TPSA) is 121 Å². The maximum Gasteiger partial charge on any atom is 0.333 e. The van der Waals surface area contributed by atoms with Gasteiger partial charge in [0.1, 0.15) is 18.3 Å². The van der Waals surface area contributed by atoms with Crippen LogP contribution >= 0.6 is 0 Å². The normalized spacial score (nSPS) is 33.7. The van der Waals surface area contributed by atoms with Gasteiger partial charge in [0, 0.05) is 24.5 Å². The van der Waals surface area contributed by atoms with Crippen LogP contribution in [0, 0.1) is 5.92 Å². The Bertz CT molecular complexity index is 1040. The van der Waals surface area contributed by atoms with Gasteiger partial charge in [-0.3, -0.25) is 9.59 Å². The molecule has 2 aliphatic heterocycles. The van der Waals surface area contributed by atoms with Gasteiger partial charge in [0.15, 0.2) is 11.7 Å². The summed E-state index contributed by atoms with van der Waals surface area (Å²) in [6.45, 7) is 17.4. The van der Waals surface area contributed by atoms with E-state index < -0.39 is 65.2 Å². The molecule has 0 aromatic heterocycles. The number of allylic oxidation sites excluding steroid dienone is 2. The molecular formula is C27H36O9. The Morgan fingerprint density at radius 2 is 1.56 bits per heavy atom. The van der Waals surface area contributed by atoms with Gasteiger partial charge in [-0.25, -0.2) is 9.59 Å². The zero-order chi connectivity index (χ0) is 27.2. The SMILES string of the molecule is C=C([C@@H]1[C@H](OC(=O)C(C)=CC)[C@@H]2O[C@]2(C)C(=O)[C@H]1OC(C)=O)[C@H](C[C@H]1OC1(C)C)OC(=O)C(C)=CC. The van der Waals surface area contributed by atoms with Crippen LogP contribution in [0.5, 0.6) is 0 Å². The summed E-state index contributed by atoms with van der Waals surface area (Å²) in [4.78, 5) is 50.9. The van der Waals surface area contributed by atoms with Crippen LogP contribution in [0.15, 0.2) is 35.5 Å². The van der Waals surface area contributed by atoms with Crippen molar-refractivity contribution >= 4 is 23.7 Å². The van der Waals surface area contributed by atoms with Crippen molar-refractivity contribution in [2.75, 3.05) is 0 Å². The van der Waals surface area contributed by atoms with Crippen LogP contribution < -0.4 is 0 Å². The van der Waals surface area contributed by atoms with Crippen LogP contribution in [0.3, 0.4) is 0 Å². The number of fused-ring (bicyclic) bond motifs is 1. The molecular weight excluding hydrogens is 468 g/mol. The van der Waals surface area contributed by atoms with Crippen molar-refractivity contribution < 1.29 is 42.9 Å². The molecule has 0 aromatic carbocycles. The molecule has 0 aromatic rings. The minimum absolute atomic E-state index is 0.224.